The van der Waals surface area contributed by atoms with Gasteiger partial charge in [0.05, 0.1) is 7.11 Å². The first-order valence-corrected chi connectivity index (χ1v) is 6.40. The van der Waals surface area contributed by atoms with Crippen LogP contribution in [0.5, 0.6) is 5.75 Å². The molecule has 1 fully saturated rings. The number of anilines is 1. The van der Waals surface area contributed by atoms with E-state index in [1.807, 2.05) is 13.0 Å². The lowest BCUT2D eigenvalue weighted by atomic mass is 10.2. The molecular formula is C15H17NO5. The Morgan fingerprint density at radius 1 is 1.19 bits per heavy atom. The minimum atomic E-state index is -1.23. The number of benzene rings is 1. The molecule has 1 aromatic carbocycles. The zero-order chi connectivity index (χ0) is 15.6. The summed E-state index contributed by atoms with van der Waals surface area (Å²) in [7, 11) is 1.59. The van der Waals surface area contributed by atoms with Crippen molar-refractivity contribution in [1.29, 1.82) is 0 Å². The second-order valence-electron chi connectivity index (χ2n) is 5.07. The maximum Gasteiger partial charge on any atom is 0.350 e. The zero-order valence-electron chi connectivity index (χ0n) is 12.4. The van der Waals surface area contributed by atoms with E-state index in [-0.39, 0.29) is 5.57 Å². The molecular weight excluding hydrogens is 274 g/mol. The second kappa shape index (κ2) is 5.47. The van der Waals surface area contributed by atoms with Crippen molar-refractivity contribution in [2.75, 3.05) is 12.4 Å². The summed E-state index contributed by atoms with van der Waals surface area (Å²) in [6.45, 7) is 4.89. The second-order valence-corrected chi connectivity index (χ2v) is 5.07. The fraction of sp³-hybridized carbons (Fsp3) is 0.333. The molecule has 0 saturated carbocycles. The van der Waals surface area contributed by atoms with Gasteiger partial charge in [0.2, 0.25) is 0 Å². The van der Waals surface area contributed by atoms with Gasteiger partial charge in [-0.2, -0.15) is 0 Å². The lowest BCUT2D eigenvalue weighted by Gasteiger charge is -2.29. The molecule has 2 rings (SSSR count). The number of hydrogen-bond donors (Lipinski definition) is 1. The van der Waals surface area contributed by atoms with Crippen LogP contribution in [0.25, 0.3) is 0 Å². The minimum absolute atomic E-state index is 0.178. The summed E-state index contributed by atoms with van der Waals surface area (Å²) in [4.78, 5) is 23.5. The number of rotatable bonds is 3. The molecule has 1 aromatic rings. The van der Waals surface area contributed by atoms with Crippen LogP contribution in [0.1, 0.15) is 19.4 Å². The van der Waals surface area contributed by atoms with E-state index in [9.17, 15) is 9.59 Å². The van der Waals surface area contributed by atoms with Crippen molar-refractivity contribution >= 4 is 17.6 Å². The highest BCUT2D eigenvalue weighted by Crippen LogP contribution is 2.24. The first-order valence-electron chi connectivity index (χ1n) is 6.40. The largest absolute Gasteiger partial charge is 0.496 e. The van der Waals surface area contributed by atoms with Crippen LogP contribution in [-0.4, -0.2) is 24.8 Å². The van der Waals surface area contributed by atoms with Crippen LogP contribution in [0, 0.1) is 6.92 Å². The molecule has 1 N–H and O–H groups in total. The lowest BCUT2D eigenvalue weighted by molar-refractivity contribution is -0.222. The van der Waals surface area contributed by atoms with E-state index in [0.29, 0.717) is 5.69 Å². The third kappa shape index (κ3) is 3.34. The standard InChI is InChI=1S/C15H17NO5/c1-9-7-10(5-6-12(9)19-4)16-8-11-13(17)20-15(2,3)21-14(11)18/h5-8,16H,1-4H3. The summed E-state index contributed by atoms with van der Waals surface area (Å²) in [6, 6.07) is 5.39. The van der Waals surface area contributed by atoms with Gasteiger partial charge in [-0.05, 0) is 30.7 Å². The number of cyclic esters (lactones) is 2. The van der Waals surface area contributed by atoms with E-state index in [4.69, 9.17) is 14.2 Å². The summed E-state index contributed by atoms with van der Waals surface area (Å²) in [5, 5.41) is 2.88. The number of hydrogen-bond acceptors (Lipinski definition) is 6. The number of carbonyl (C=O) groups is 2. The van der Waals surface area contributed by atoms with Crippen LogP contribution in [-0.2, 0) is 19.1 Å². The summed E-state index contributed by atoms with van der Waals surface area (Å²) >= 11 is 0. The SMILES string of the molecule is COc1ccc(NC=C2C(=O)OC(C)(C)OC2=O)cc1C. The molecule has 1 heterocycles. The topological polar surface area (TPSA) is 73.9 Å². The highest BCUT2D eigenvalue weighted by Gasteiger charge is 2.38. The first-order chi connectivity index (χ1) is 9.82. The van der Waals surface area contributed by atoms with Gasteiger partial charge in [0.25, 0.3) is 5.79 Å². The summed E-state index contributed by atoms with van der Waals surface area (Å²) < 4.78 is 15.2. The molecule has 0 spiro atoms. The Hall–Kier alpha value is -2.50. The predicted octanol–water partition coefficient (Wildman–Crippen LogP) is 2.14. The van der Waals surface area contributed by atoms with Gasteiger partial charge < -0.3 is 19.5 Å². The highest BCUT2D eigenvalue weighted by atomic mass is 16.7. The Bertz CT molecular complexity index is 596. The Balaban J connectivity index is 2.16. The molecule has 1 saturated heterocycles. The van der Waals surface area contributed by atoms with E-state index in [1.54, 1.807) is 19.2 Å². The number of methoxy groups -OCH3 is 1. The van der Waals surface area contributed by atoms with E-state index in [1.165, 1.54) is 20.0 Å². The molecule has 6 heteroatoms. The van der Waals surface area contributed by atoms with E-state index < -0.39 is 17.7 Å². The molecule has 0 aliphatic carbocycles. The van der Waals surface area contributed by atoms with E-state index >= 15 is 0 Å². The van der Waals surface area contributed by atoms with Crippen molar-refractivity contribution in [1.82, 2.24) is 0 Å². The predicted molar refractivity (Wildman–Crippen MR) is 75.7 cm³/mol. The van der Waals surface area contributed by atoms with Gasteiger partial charge in [-0.15, -0.1) is 0 Å². The maximum atomic E-state index is 11.8. The fourth-order valence-electron chi connectivity index (χ4n) is 1.90. The van der Waals surface area contributed by atoms with Crippen LogP contribution in [0.4, 0.5) is 5.69 Å². The maximum absolute atomic E-state index is 11.8. The number of nitrogens with one attached hydrogen (secondary N) is 1. The summed E-state index contributed by atoms with van der Waals surface area (Å²) in [5.41, 5.74) is 1.46. The van der Waals surface area contributed by atoms with Gasteiger partial charge in [-0.1, -0.05) is 0 Å². The molecule has 0 unspecified atom stereocenters. The Kier molecular flexibility index (Phi) is 3.88. The monoisotopic (exact) mass is 291 g/mol. The van der Waals surface area contributed by atoms with E-state index in [0.717, 1.165) is 11.3 Å². The molecule has 0 aromatic heterocycles. The molecule has 21 heavy (non-hydrogen) atoms. The molecule has 1 aliphatic rings. The molecule has 1 aliphatic heterocycles. The average Bonchev–Trinajstić information content (AvgIpc) is 2.36. The first kappa shape index (κ1) is 14.9. The Labute approximate surface area is 122 Å². The molecule has 0 radical (unpaired) electrons. The molecule has 6 nitrogen and oxygen atoms in total. The number of aryl methyl sites for hydroxylation is 1. The van der Waals surface area contributed by atoms with Gasteiger partial charge in [-0.3, -0.25) is 0 Å². The third-order valence-corrected chi connectivity index (χ3v) is 2.89. The van der Waals surface area contributed by atoms with Crippen LogP contribution in [0.15, 0.2) is 30.0 Å². The van der Waals surface area contributed by atoms with Crippen molar-refractivity contribution < 1.29 is 23.8 Å². The van der Waals surface area contributed by atoms with Gasteiger partial charge in [0, 0.05) is 25.7 Å². The van der Waals surface area contributed by atoms with Gasteiger partial charge >= 0.3 is 11.9 Å². The number of carbonyl (C=O) groups excluding carboxylic acids is 2. The van der Waals surface area contributed by atoms with Crippen molar-refractivity contribution in [2.45, 2.75) is 26.6 Å². The van der Waals surface area contributed by atoms with Crippen molar-refractivity contribution in [2.24, 2.45) is 0 Å². The Morgan fingerprint density at radius 3 is 2.33 bits per heavy atom. The van der Waals surface area contributed by atoms with Crippen LogP contribution >= 0.6 is 0 Å². The van der Waals surface area contributed by atoms with Crippen LogP contribution < -0.4 is 10.1 Å². The normalized spacial score (nSPS) is 16.9. The molecule has 0 bridgehead atoms. The zero-order valence-corrected chi connectivity index (χ0v) is 12.4. The van der Waals surface area contributed by atoms with E-state index in [2.05, 4.69) is 5.32 Å². The average molecular weight is 291 g/mol. The smallest absolute Gasteiger partial charge is 0.350 e. The Morgan fingerprint density at radius 2 is 1.81 bits per heavy atom. The van der Waals surface area contributed by atoms with Gasteiger partial charge in [0.15, 0.2) is 5.57 Å². The van der Waals surface area contributed by atoms with Crippen molar-refractivity contribution in [3.05, 3.63) is 35.5 Å². The third-order valence-electron chi connectivity index (χ3n) is 2.89. The number of ether oxygens (including phenoxy) is 3. The molecule has 112 valence electrons. The summed E-state index contributed by atoms with van der Waals surface area (Å²) in [5.74, 6) is -1.91. The fourth-order valence-corrected chi connectivity index (χ4v) is 1.90. The summed E-state index contributed by atoms with van der Waals surface area (Å²) in [6.07, 6.45) is 1.28. The van der Waals surface area contributed by atoms with Gasteiger partial charge in [0.1, 0.15) is 5.75 Å². The minimum Gasteiger partial charge on any atom is -0.496 e. The highest BCUT2D eigenvalue weighted by molar-refractivity contribution is 6.15. The van der Waals surface area contributed by atoms with Crippen LogP contribution in [0.2, 0.25) is 0 Å². The van der Waals surface area contributed by atoms with Gasteiger partial charge in [-0.25, -0.2) is 9.59 Å². The molecule has 0 atom stereocenters. The van der Waals surface area contributed by atoms with Crippen LogP contribution in [0.3, 0.4) is 0 Å². The van der Waals surface area contributed by atoms with Crippen molar-refractivity contribution in [3.8, 4) is 5.75 Å². The number of esters is 2. The molecule has 0 amide bonds. The quantitative estimate of drug-likeness (QED) is 0.522. The van der Waals surface area contributed by atoms with Crippen molar-refractivity contribution in [3.63, 3.8) is 0 Å². The lowest BCUT2D eigenvalue weighted by Crippen LogP contribution is -2.42.